The van der Waals surface area contributed by atoms with Crippen LogP contribution in [0.5, 0.6) is 5.75 Å². The molecular weight excluding hydrogens is 827 g/mol. The molecule has 0 bridgehead atoms. The van der Waals surface area contributed by atoms with E-state index < -0.39 is 13.7 Å². The van der Waals surface area contributed by atoms with Crippen LogP contribution in [0, 0.1) is 13.7 Å². The van der Waals surface area contributed by atoms with Gasteiger partial charge in [-0.3, -0.25) is 9.55 Å². The third-order valence-electron chi connectivity index (χ3n) is 12.9. The van der Waals surface area contributed by atoms with Crippen molar-refractivity contribution in [3.8, 4) is 89.7 Å². The number of fused-ring (bicyclic) bond motifs is 1. The zero-order valence-electron chi connectivity index (χ0n) is 45.3. The van der Waals surface area contributed by atoms with Gasteiger partial charge in [-0.2, -0.15) is 0 Å². The Morgan fingerprint density at radius 1 is 0.456 bits per heavy atom. The number of aromatic nitrogens is 3. The number of nitrogens with zero attached hydrogens (tertiary/aromatic N) is 3. The molecule has 8 aromatic carbocycles. The van der Waals surface area contributed by atoms with Crippen molar-refractivity contribution >= 4 is 11.0 Å². The Morgan fingerprint density at radius 3 is 1.78 bits per heavy atom. The molecule has 0 aliphatic rings. The summed E-state index contributed by atoms with van der Waals surface area (Å²) in [5.74, 6) is 0.488. The van der Waals surface area contributed by atoms with Crippen molar-refractivity contribution in [2.24, 2.45) is 0 Å². The minimum Gasteiger partial charge on any atom is -0.507 e. The number of phenolic OH excluding ortho intramolecular Hbond substituents is 1. The lowest BCUT2D eigenvalue weighted by Crippen LogP contribution is -2.11. The van der Waals surface area contributed by atoms with Gasteiger partial charge in [0.05, 0.1) is 28.0 Å². The monoisotopic (exact) mass is 889 g/mol. The van der Waals surface area contributed by atoms with Gasteiger partial charge in [0.25, 0.3) is 0 Å². The fourth-order valence-electron chi connectivity index (χ4n) is 9.11. The lowest BCUT2D eigenvalue weighted by molar-refractivity contribution is 0.475. The number of benzene rings is 8. The highest BCUT2D eigenvalue weighted by Gasteiger charge is 2.26. The number of phenols is 1. The summed E-state index contributed by atoms with van der Waals surface area (Å²) < 4.78 is 52.9. The average Bonchev–Trinajstić information content (AvgIpc) is 3.78. The fraction of sp³-hybridized carbons (Fsp3) is 0.156. The Morgan fingerprint density at radius 2 is 1.09 bits per heavy atom. The smallest absolute Gasteiger partial charge is 0.149 e. The molecule has 0 fully saturated rings. The average molecular weight is 890 g/mol. The van der Waals surface area contributed by atoms with Gasteiger partial charge in [-0.1, -0.05) is 174 Å². The number of rotatable bonds is 8. The van der Waals surface area contributed by atoms with E-state index in [0.29, 0.717) is 33.7 Å². The molecule has 10 aromatic rings. The quantitative estimate of drug-likeness (QED) is 0.165. The van der Waals surface area contributed by atoms with Crippen molar-refractivity contribution in [2.45, 2.75) is 66.1 Å². The summed E-state index contributed by atoms with van der Waals surface area (Å²) in [7, 11) is 0. The van der Waals surface area contributed by atoms with Crippen LogP contribution in [0.3, 0.4) is 0 Å². The van der Waals surface area contributed by atoms with Crippen LogP contribution in [0.15, 0.2) is 194 Å². The highest BCUT2D eigenvalue weighted by molar-refractivity contribution is 5.99. The first-order valence-electron chi connectivity index (χ1n) is 26.1. The largest absolute Gasteiger partial charge is 0.507 e. The number of pyridine rings is 1. The summed E-state index contributed by atoms with van der Waals surface area (Å²) in [6, 6.07) is 61.2. The van der Waals surface area contributed by atoms with Gasteiger partial charge in [-0.15, -0.1) is 0 Å². The van der Waals surface area contributed by atoms with E-state index in [-0.39, 0.29) is 27.7 Å². The number of hydrogen-bond acceptors (Lipinski definition) is 3. The molecule has 0 aliphatic carbocycles. The second-order valence-corrected chi connectivity index (χ2v) is 19.7. The molecule has 4 heteroatoms. The minimum atomic E-state index is -2.52. The van der Waals surface area contributed by atoms with E-state index in [9.17, 15) is 5.11 Å². The molecule has 0 unspecified atom stereocenters. The maximum atomic E-state index is 12.0. The van der Waals surface area contributed by atoms with Crippen LogP contribution >= 0.6 is 0 Å². The van der Waals surface area contributed by atoms with Crippen LogP contribution in [0.1, 0.15) is 72.0 Å². The van der Waals surface area contributed by atoms with Crippen LogP contribution in [0.25, 0.3) is 95.0 Å². The van der Waals surface area contributed by atoms with E-state index in [1.165, 1.54) is 0 Å². The molecule has 2 aromatic heterocycles. The molecule has 68 heavy (non-hydrogen) atoms. The van der Waals surface area contributed by atoms with Crippen LogP contribution in [0.2, 0.25) is 0 Å². The summed E-state index contributed by atoms with van der Waals surface area (Å²) in [4.78, 5) is 10.4. The van der Waals surface area contributed by atoms with Gasteiger partial charge in [0.15, 0.2) is 0 Å². The van der Waals surface area contributed by atoms with Crippen LogP contribution in [-0.4, -0.2) is 19.6 Å². The number of para-hydroxylation sites is 1. The first-order chi connectivity index (χ1) is 35.1. The van der Waals surface area contributed by atoms with Gasteiger partial charge >= 0.3 is 0 Å². The predicted molar refractivity (Wildman–Crippen MR) is 285 cm³/mol. The van der Waals surface area contributed by atoms with E-state index in [1.807, 2.05) is 120 Å². The van der Waals surface area contributed by atoms with E-state index in [1.54, 1.807) is 30.5 Å². The lowest BCUT2D eigenvalue weighted by Gasteiger charge is -2.22. The Balaban J connectivity index is 1.25. The van der Waals surface area contributed by atoms with Crippen molar-refractivity contribution in [2.75, 3.05) is 0 Å². The molecule has 1 N–H and O–H groups in total. The Kier molecular flexibility index (Phi) is 9.56. The predicted octanol–water partition coefficient (Wildman–Crippen LogP) is 17.0. The molecule has 0 spiro atoms. The second kappa shape index (κ2) is 17.4. The molecule has 0 amide bonds. The molecule has 0 aliphatic heterocycles. The van der Waals surface area contributed by atoms with Gasteiger partial charge in [0.2, 0.25) is 0 Å². The Bertz CT molecular complexity index is 3700. The minimum absolute atomic E-state index is 0.0383. The van der Waals surface area contributed by atoms with E-state index >= 15 is 0 Å². The summed E-state index contributed by atoms with van der Waals surface area (Å²) in [6.45, 7) is 8.15. The van der Waals surface area contributed by atoms with Gasteiger partial charge in [-0.25, -0.2) is 4.98 Å². The SMILES string of the molecule is [2H]C([2H])([2H])c1ccc(-c2ccnc(-c3cc(-c4ccccc4)cc(-c4cccc5c4nc(-c4cc(C(C)(C)C)ccc4O)n5-c4cc(C([2H])([2H])[2H])c(-c5ccc(C(C)(C)C)cc5)cc4-c4ccccc4)c3)c2)cc1. The van der Waals surface area contributed by atoms with Crippen LogP contribution < -0.4 is 0 Å². The third-order valence-corrected chi connectivity index (χ3v) is 12.9. The second-order valence-electron chi connectivity index (χ2n) is 19.7. The number of hydrogen-bond donors (Lipinski definition) is 1. The summed E-state index contributed by atoms with van der Waals surface area (Å²) in [5, 5.41) is 12.0. The normalized spacial score (nSPS) is 13.6. The van der Waals surface area contributed by atoms with Crippen molar-refractivity contribution < 1.29 is 13.3 Å². The van der Waals surface area contributed by atoms with Crippen molar-refractivity contribution in [3.05, 3.63) is 217 Å². The number of aromatic hydroxyl groups is 1. The fourth-order valence-corrected chi connectivity index (χ4v) is 9.11. The summed E-state index contributed by atoms with van der Waals surface area (Å²) >= 11 is 0. The van der Waals surface area contributed by atoms with E-state index in [0.717, 1.165) is 72.5 Å². The zero-order chi connectivity index (χ0) is 52.3. The summed E-state index contributed by atoms with van der Waals surface area (Å²) in [6.07, 6.45) is 1.77. The van der Waals surface area contributed by atoms with Crippen molar-refractivity contribution in [1.82, 2.24) is 14.5 Å². The van der Waals surface area contributed by atoms with Gasteiger partial charge < -0.3 is 5.11 Å². The molecule has 2 heterocycles. The van der Waals surface area contributed by atoms with Gasteiger partial charge in [-0.05, 0) is 146 Å². The third kappa shape index (κ3) is 8.55. The lowest BCUT2D eigenvalue weighted by atomic mass is 9.85. The maximum Gasteiger partial charge on any atom is 0.149 e. The Hall–Kier alpha value is -7.82. The molecular formula is C64H57N3O. The molecule has 334 valence electrons. The molecule has 0 saturated carbocycles. The standard InChI is InChI=1S/C64H57N3O/c1-41-22-24-44(25-23-41)47-32-33-65-57(38-47)50-36-48(43-16-11-9-12-17-43)35-49(37-50)53-20-15-21-58-61(53)66-62(56-39-52(64(6,7)8)30-31-60(56)68)67(58)59-34-42(2)54(40-55(59)45-18-13-10-14-19-45)46-26-28-51(29-27-46)63(3,4)5/h9-40,68H,1-8H3/i1D3,2D3. The molecule has 4 nitrogen and oxygen atoms in total. The molecule has 0 saturated heterocycles. The number of imidazole rings is 1. The topological polar surface area (TPSA) is 50.9 Å². The van der Waals surface area contributed by atoms with Crippen molar-refractivity contribution in [1.29, 1.82) is 0 Å². The first-order valence-corrected chi connectivity index (χ1v) is 23.1. The first kappa shape index (κ1) is 37.3. The molecule has 0 atom stereocenters. The van der Waals surface area contributed by atoms with E-state index in [4.69, 9.17) is 18.2 Å². The zero-order valence-corrected chi connectivity index (χ0v) is 39.3. The number of aryl methyl sites for hydroxylation is 2. The van der Waals surface area contributed by atoms with Crippen LogP contribution in [0.4, 0.5) is 0 Å². The van der Waals surface area contributed by atoms with Crippen LogP contribution in [-0.2, 0) is 10.8 Å². The van der Waals surface area contributed by atoms with Gasteiger partial charge in [0, 0.05) is 31.1 Å². The Labute approximate surface area is 409 Å². The van der Waals surface area contributed by atoms with Gasteiger partial charge in [0.1, 0.15) is 11.6 Å². The highest BCUT2D eigenvalue weighted by atomic mass is 16.3. The maximum absolute atomic E-state index is 12.0. The molecule has 10 rings (SSSR count). The van der Waals surface area contributed by atoms with Crippen molar-refractivity contribution in [3.63, 3.8) is 0 Å². The van der Waals surface area contributed by atoms with E-state index in [2.05, 4.69) is 90.1 Å². The molecule has 0 radical (unpaired) electrons. The highest BCUT2D eigenvalue weighted by Crippen LogP contribution is 2.44. The summed E-state index contributed by atoms with van der Waals surface area (Å²) in [5.41, 5.74) is 14.7.